The number of allylic oxidation sites excluding steroid dienone is 1. The third kappa shape index (κ3) is 5.82. The number of nitro groups is 1. The maximum absolute atomic E-state index is 14.0. The number of esters is 1. The van der Waals surface area contributed by atoms with Crippen LogP contribution in [0.2, 0.25) is 5.02 Å². The molecule has 0 spiro atoms. The first-order valence-corrected chi connectivity index (χ1v) is 15.3. The lowest BCUT2D eigenvalue weighted by Crippen LogP contribution is -2.40. The SMILES string of the molecule is CCOC(=O)C1=C(C)N=c2s/c(=C/c3ccc(-c4ccc(Cl)cc4[N+](=O)[O-])o3)c(=O)n2[C@@H]1c1cc(OC)c(OCC)cc1Br. The van der Waals surface area contributed by atoms with Gasteiger partial charge < -0.3 is 18.6 Å². The highest BCUT2D eigenvalue weighted by Crippen LogP contribution is 2.41. The number of methoxy groups -OCH3 is 1. The van der Waals surface area contributed by atoms with Gasteiger partial charge in [-0.15, -0.1) is 0 Å². The van der Waals surface area contributed by atoms with Crippen molar-refractivity contribution < 1.29 is 28.3 Å². The summed E-state index contributed by atoms with van der Waals surface area (Å²) in [7, 11) is 1.50. The average molecular weight is 703 g/mol. The molecule has 0 bridgehead atoms. The number of benzene rings is 2. The lowest BCUT2D eigenvalue weighted by atomic mass is 9.95. The van der Waals surface area contributed by atoms with Crippen LogP contribution in [0.4, 0.5) is 5.69 Å². The Bertz CT molecular complexity index is 2010. The largest absolute Gasteiger partial charge is 0.493 e. The van der Waals surface area contributed by atoms with Crippen LogP contribution in [-0.2, 0) is 9.53 Å². The minimum atomic E-state index is -0.907. The van der Waals surface area contributed by atoms with Crippen molar-refractivity contribution in [1.82, 2.24) is 4.57 Å². The third-order valence-electron chi connectivity index (χ3n) is 6.72. The summed E-state index contributed by atoms with van der Waals surface area (Å²) in [5.74, 6) is 0.830. The van der Waals surface area contributed by atoms with Gasteiger partial charge in [0.1, 0.15) is 11.5 Å². The Hall–Kier alpha value is -4.20. The van der Waals surface area contributed by atoms with Gasteiger partial charge in [-0.25, -0.2) is 9.79 Å². The second-order valence-electron chi connectivity index (χ2n) is 9.38. The third-order valence-corrected chi connectivity index (χ3v) is 8.62. The predicted molar refractivity (Wildman–Crippen MR) is 168 cm³/mol. The van der Waals surface area contributed by atoms with Crippen molar-refractivity contribution in [2.45, 2.75) is 26.8 Å². The van der Waals surface area contributed by atoms with Gasteiger partial charge in [-0.1, -0.05) is 38.9 Å². The van der Waals surface area contributed by atoms with Gasteiger partial charge in [0, 0.05) is 21.6 Å². The Morgan fingerprint density at radius 3 is 2.66 bits per heavy atom. The summed E-state index contributed by atoms with van der Waals surface area (Å²) in [6.45, 7) is 5.78. The van der Waals surface area contributed by atoms with E-state index in [1.165, 1.54) is 36.0 Å². The monoisotopic (exact) mass is 701 g/mol. The molecule has 0 aliphatic carbocycles. The van der Waals surface area contributed by atoms with Gasteiger partial charge in [0.25, 0.3) is 11.2 Å². The Balaban J connectivity index is 1.68. The molecule has 4 aromatic rings. The van der Waals surface area contributed by atoms with Crippen LogP contribution in [0.25, 0.3) is 17.4 Å². The van der Waals surface area contributed by atoms with E-state index in [9.17, 15) is 19.7 Å². The number of aromatic nitrogens is 1. The number of thiazole rings is 1. The van der Waals surface area contributed by atoms with Crippen LogP contribution in [0.5, 0.6) is 11.5 Å². The van der Waals surface area contributed by atoms with Crippen molar-refractivity contribution in [2.24, 2.45) is 4.99 Å². The Labute approximate surface area is 267 Å². The zero-order valence-corrected chi connectivity index (χ0v) is 27.0. The van der Waals surface area contributed by atoms with E-state index in [-0.39, 0.29) is 44.5 Å². The minimum absolute atomic E-state index is 0.132. The molecule has 3 heterocycles. The number of carbonyl (C=O) groups is 1. The van der Waals surface area contributed by atoms with Gasteiger partial charge in [0.15, 0.2) is 16.3 Å². The molecular formula is C30H25BrClN3O8S. The summed E-state index contributed by atoms with van der Waals surface area (Å²) in [4.78, 5) is 43.3. The topological polar surface area (TPSA) is 135 Å². The number of hydrogen-bond acceptors (Lipinski definition) is 10. The van der Waals surface area contributed by atoms with E-state index in [1.807, 2.05) is 6.92 Å². The number of rotatable bonds is 9. The summed E-state index contributed by atoms with van der Waals surface area (Å²) < 4.78 is 24.8. The highest BCUT2D eigenvalue weighted by Gasteiger charge is 2.35. The minimum Gasteiger partial charge on any atom is -0.493 e. The predicted octanol–water partition coefficient (Wildman–Crippen LogP) is 5.79. The second-order valence-corrected chi connectivity index (χ2v) is 11.7. The van der Waals surface area contributed by atoms with E-state index in [1.54, 1.807) is 38.1 Å². The van der Waals surface area contributed by atoms with E-state index in [4.69, 9.17) is 30.2 Å². The molecule has 1 aliphatic heterocycles. The van der Waals surface area contributed by atoms with Gasteiger partial charge in [0.05, 0.1) is 52.7 Å². The maximum Gasteiger partial charge on any atom is 0.338 e. The lowest BCUT2D eigenvalue weighted by molar-refractivity contribution is -0.384. The smallest absolute Gasteiger partial charge is 0.338 e. The molecular weight excluding hydrogens is 678 g/mol. The van der Waals surface area contributed by atoms with E-state index in [2.05, 4.69) is 20.9 Å². The van der Waals surface area contributed by atoms with Gasteiger partial charge >= 0.3 is 5.97 Å². The molecule has 0 unspecified atom stereocenters. The highest BCUT2D eigenvalue weighted by molar-refractivity contribution is 9.10. The van der Waals surface area contributed by atoms with Crippen LogP contribution < -0.4 is 24.4 Å². The quantitative estimate of drug-likeness (QED) is 0.122. The Morgan fingerprint density at radius 2 is 1.98 bits per heavy atom. The van der Waals surface area contributed by atoms with Gasteiger partial charge in [-0.05, 0) is 62.7 Å². The molecule has 0 amide bonds. The molecule has 0 fully saturated rings. The zero-order valence-electron chi connectivity index (χ0n) is 23.9. The fourth-order valence-electron chi connectivity index (χ4n) is 4.84. The molecule has 14 heteroatoms. The molecule has 1 aliphatic rings. The first-order chi connectivity index (χ1) is 21.1. The van der Waals surface area contributed by atoms with Gasteiger partial charge in [-0.3, -0.25) is 19.5 Å². The molecule has 0 saturated heterocycles. The van der Waals surface area contributed by atoms with Gasteiger partial charge in [-0.2, -0.15) is 0 Å². The molecule has 1 atom stereocenters. The molecule has 0 saturated carbocycles. The standard InChI is InChI=1S/C30H25BrClN3O8S/c1-5-41-24-14-20(31)19(13-23(24)40-4)27-26(29(37)42-6-2)15(3)33-30-34(27)28(36)25(44-30)12-17-8-10-22(43-17)18-9-7-16(32)11-21(18)35(38)39/h7-14,27H,5-6H2,1-4H3/b25-12+/t27-/m1/s1. The number of nitro benzene ring substituents is 1. The van der Waals surface area contributed by atoms with Crippen molar-refractivity contribution in [2.75, 3.05) is 20.3 Å². The number of halogens is 2. The fourth-order valence-corrected chi connectivity index (χ4v) is 6.57. The number of furan rings is 1. The fraction of sp³-hybridized carbons (Fsp3) is 0.233. The van der Waals surface area contributed by atoms with E-state index in [0.29, 0.717) is 38.6 Å². The lowest BCUT2D eigenvalue weighted by Gasteiger charge is -2.26. The summed E-state index contributed by atoms with van der Waals surface area (Å²) in [5.41, 5.74) is 0.763. The summed E-state index contributed by atoms with van der Waals surface area (Å²) in [5, 5.41) is 11.8. The number of nitrogens with zero attached hydrogens (tertiary/aromatic N) is 3. The summed E-state index contributed by atoms with van der Waals surface area (Å²) >= 11 is 10.7. The molecule has 2 aromatic heterocycles. The van der Waals surface area contributed by atoms with Crippen molar-refractivity contribution in [3.05, 3.63) is 104 Å². The Kier molecular flexibility index (Phi) is 9.09. The van der Waals surface area contributed by atoms with Crippen molar-refractivity contribution in [1.29, 1.82) is 0 Å². The molecule has 44 heavy (non-hydrogen) atoms. The number of ether oxygens (including phenoxy) is 3. The van der Waals surface area contributed by atoms with Crippen LogP contribution in [-0.4, -0.2) is 35.8 Å². The van der Waals surface area contributed by atoms with Crippen LogP contribution >= 0.6 is 38.9 Å². The number of hydrogen-bond donors (Lipinski definition) is 0. The van der Waals surface area contributed by atoms with E-state index < -0.39 is 22.5 Å². The van der Waals surface area contributed by atoms with Crippen LogP contribution in [0.3, 0.4) is 0 Å². The first kappa shape index (κ1) is 31.2. The molecule has 11 nitrogen and oxygen atoms in total. The summed E-state index contributed by atoms with van der Waals surface area (Å²) in [6.07, 6.45) is 1.53. The maximum atomic E-state index is 14.0. The molecule has 0 N–H and O–H groups in total. The van der Waals surface area contributed by atoms with Crippen LogP contribution in [0.15, 0.2) is 72.4 Å². The number of carbonyl (C=O) groups excluding carboxylic acids is 1. The van der Waals surface area contributed by atoms with Crippen molar-refractivity contribution >= 4 is 56.6 Å². The van der Waals surface area contributed by atoms with E-state index >= 15 is 0 Å². The van der Waals surface area contributed by atoms with E-state index in [0.717, 1.165) is 11.3 Å². The van der Waals surface area contributed by atoms with Crippen LogP contribution in [0.1, 0.15) is 38.1 Å². The average Bonchev–Trinajstić information content (AvgIpc) is 3.56. The second kappa shape index (κ2) is 12.8. The molecule has 5 rings (SSSR count). The van der Waals surface area contributed by atoms with Gasteiger partial charge in [0.2, 0.25) is 0 Å². The molecule has 228 valence electrons. The summed E-state index contributed by atoms with van der Waals surface area (Å²) in [6, 6.07) is 9.99. The molecule has 2 aromatic carbocycles. The molecule has 0 radical (unpaired) electrons. The number of fused-ring (bicyclic) bond motifs is 1. The first-order valence-electron chi connectivity index (χ1n) is 13.3. The highest BCUT2D eigenvalue weighted by atomic mass is 79.9. The zero-order chi connectivity index (χ0) is 31.7. The Morgan fingerprint density at radius 1 is 1.20 bits per heavy atom. The van der Waals surface area contributed by atoms with Crippen molar-refractivity contribution in [3.8, 4) is 22.8 Å². The van der Waals surface area contributed by atoms with Crippen molar-refractivity contribution in [3.63, 3.8) is 0 Å². The van der Waals surface area contributed by atoms with Crippen LogP contribution in [0, 0.1) is 10.1 Å². The normalized spacial score (nSPS) is 14.7.